The lowest BCUT2D eigenvalue weighted by Crippen LogP contribution is -2.32. The van der Waals surface area contributed by atoms with Gasteiger partial charge in [0.1, 0.15) is 12.4 Å². The van der Waals surface area contributed by atoms with Crippen LogP contribution in [0.1, 0.15) is 11.1 Å². The molecule has 0 saturated carbocycles. The van der Waals surface area contributed by atoms with Gasteiger partial charge >= 0.3 is 5.97 Å². The number of esters is 1. The van der Waals surface area contributed by atoms with Crippen LogP contribution >= 0.6 is 0 Å². The molecule has 28 heavy (non-hydrogen) atoms. The first kappa shape index (κ1) is 19.4. The first-order chi connectivity index (χ1) is 13.6. The Morgan fingerprint density at radius 1 is 1.07 bits per heavy atom. The van der Waals surface area contributed by atoms with Gasteiger partial charge in [-0.3, -0.25) is 14.6 Å². The van der Waals surface area contributed by atoms with Crippen molar-refractivity contribution in [3.63, 3.8) is 0 Å². The van der Waals surface area contributed by atoms with E-state index in [0.717, 1.165) is 27.8 Å². The maximum Gasteiger partial charge on any atom is 0.310 e. The molecule has 0 aliphatic carbocycles. The average molecular weight is 378 g/mol. The molecule has 0 unspecified atom stereocenters. The van der Waals surface area contributed by atoms with Crippen LogP contribution in [0, 0.1) is 6.92 Å². The van der Waals surface area contributed by atoms with Crippen molar-refractivity contribution < 1.29 is 19.1 Å². The third-order valence-electron chi connectivity index (χ3n) is 4.10. The molecule has 1 heterocycles. The molecule has 6 heteroatoms. The second-order valence-corrected chi connectivity index (χ2v) is 6.34. The van der Waals surface area contributed by atoms with Crippen molar-refractivity contribution in [3.05, 3.63) is 71.9 Å². The van der Waals surface area contributed by atoms with Crippen molar-refractivity contribution in [2.75, 3.05) is 19.8 Å². The molecule has 0 saturated heterocycles. The Morgan fingerprint density at radius 2 is 1.89 bits per heavy atom. The molecule has 2 aromatic carbocycles. The number of nitrogens with one attached hydrogen (secondary N) is 1. The van der Waals surface area contributed by atoms with Crippen LogP contribution in [-0.2, 0) is 20.7 Å². The molecule has 0 atom stereocenters. The third kappa shape index (κ3) is 5.54. The zero-order valence-corrected chi connectivity index (χ0v) is 15.7. The first-order valence-corrected chi connectivity index (χ1v) is 9.06. The van der Waals surface area contributed by atoms with Crippen molar-refractivity contribution in [2.45, 2.75) is 13.3 Å². The van der Waals surface area contributed by atoms with Crippen LogP contribution in [0.4, 0.5) is 0 Å². The van der Waals surface area contributed by atoms with Gasteiger partial charge in [0.05, 0.1) is 18.5 Å². The maximum atomic E-state index is 12.1. The normalized spacial score (nSPS) is 10.5. The van der Waals surface area contributed by atoms with E-state index in [-0.39, 0.29) is 18.9 Å². The number of carbonyl (C=O) groups excluding carboxylic acids is 2. The predicted octanol–water partition coefficient (Wildman–Crippen LogP) is 2.82. The van der Waals surface area contributed by atoms with Gasteiger partial charge in [-0.2, -0.15) is 0 Å². The number of carbonyl (C=O) groups is 2. The smallest absolute Gasteiger partial charge is 0.310 e. The second kappa shape index (κ2) is 9.50. The van der Waals surface area contributed by atoms with Crippen molar-refractivity contribution in [2.24, 2.45) is 0 Å². The highest BCUT2D eigenvalue weighted by Crippen LogP contribution is 2.16. The third-order valence-corrected chi connectivity index (χ3v) is 4.10. The SMILES string of the molecule is Cc1cccc(OCCNC(=O)COC(=O)Cc2cccc3cccnc23)c1. The van der Waals surface area contributed by atoms with E-state index in [2.05, 4.69) is 10.3 Å². The Labute approximate surface area is 163 Å². The molecule has 0 aliphatic rings. The summed E-state index contributed by atoms with van der Waals surface area (Å²) in [6, 6.07) is 17.1. The number of rotatable bonds is 8. The molecule has 1 N–H and O–H groups in total. The monoisotopic (exact) mass is 378 g/mol. The van der Waals surface area contributed by atoms with Crippen LogP contribution < -0.4 is 10.1 Å². The zero-order chi connectivity index (χ0) is 19.8. The number of hydrogen-bond acceptors (Lipinski definition) is 5. The first-order valence-electron chi connectivity index (χ1n) is 9.06. The number of para-hydroxylation sites is 1. The number of aromatic nitrogens is 1. The lowest BCUT2D eigenvalue weighted by Gasteiger charge is -2.09. The fourth-order valence-corrected chi connectivity index (χ4v) is 2.78. The van der Waals surface area contributed by atoms with Crippen LogP contribution in [0.2, 0.25) is 0 Å². The van der Waals surface area contributed by atoms with Gasteiger partial charge in [0.25, 0.3) is 5.91 Å². The minimum absolute atomic E-state index is 0.0676. The summed E-state index contributed by atoms with van der Waals surface area (Å²) >= 11 is 0. The molecular weight excluding hydrogens is 356 g/mol. The molecule has 0 radical (unpaired) electrons. The Hall–Kier alpha value is -3.41. The summed E-state index contributed by atoms with van der Waals surface area (Å²) in [5.41, 5.74) is 2.64. The van der Waals surface area contributed by atoms with Gasteiger partial charge in [0.2, 0.25) is 0 Å². The fourth-order valence-electron chi connectivity index (χ4n) is 2.78. The van der Waals surface area contributed by atoms with Crippen molar-refractivity contribution >= 4 is 22.8 Å². The number of pyridine rings is 1. The minimum Gasteiger partial charge on any atom is -0.492 e. The Morgan fingerprint density at radius 3 is 2.75 bits per heavy atom. The van der Waals surface area contributed by atoms with Gasteiger partial charge in [-0.1, -0.05) is 36.4 Å². The van der Waals surface area contributed by atoms with Crippen LogP contribution in [0.25, 0.3) is 10.9 Å². The summed E-state index contributed by atoms with van der Waals surface area (Å²) in [5.74, 6) is -0.0778. The molecule has 0 bridgehead atoms. The number of fused-ring (bicyclic) bond motifs is 1. The highest BCUT2D eigenvalue weighted by atomic mass is 16.5. The number of ether oxygens (including phenoxy) is 2. The van der Waals surface area contributed by atoms with Crippen LogP contribution in [0.3, 0.4) is 0 Å². The number of aryl methyl sites for hydroxylation is 1. The van der Waals surface area contributed by atoms with Crippen molar-refractivity contribution in [1.82, 2.24) is 10.3 Å². The minimum atomic E-state index is -0.468. The number of benzene rings is 2. The largest absolute Gasteiger partial charge is 0.492 e. The Balaban J connectivity index is 1.38. The predicted molar refractivity (Wildman–Crippen MR) is 106 cm³/mol. The second-order valence-electron chi connectivity index (χ2n) is 6.34. The average Bonchev–Trinajstić information content (AvgIpc) is 2.70. The molecule has 0 aliphatic heterocycles. The fraction of sp³-hybridized carbons (Fsp3) is 0.227. The molecule has 3 aromatic rings. The molecule has 3 rings (SSSR count). The lowest BCUT2D eigenvalue weighted by molar-refractivity contribution is -0.147. The summed E-state index contributed by atoms with van der Waals surface area (Å²) < 4.78 is 10.6. The highest BCUT2D eigenvalue weighted by molar-refractivity contribution is 5.86. The number of hydrogen-bond donors (Lipinski definition) is 1. The van der Waals surface area contributed by atoms with Gasteiger partial charge in [0, 0.05) is 11.6 Å². The van der Waals surface area contributed by atoms with Crippen LogP contribution in [-0.4, -0.2) is 36.6 Å². The van der Waals surface area contributed by atoms with Gasteiger partial charge < -0.3 is 14.8 Å². The van der Waals surface area contributed by atoms with E-state index >= 15 is 0 Å². The zero-order valence-electron chi connectivity index (χ0n) is 15.7. The van der Waals surface area contributed by atoms with E-state index < -0.39 is 5.97 Å². The summed E-state index contributed by atoms with van der Waals surface area (Å²) in [6.07, 6.45) is 1.75. The Kier molecular flexibility index (Phi) is 6.57. The summed E-state index contributed by atoms with van der Waals surface area (Å²) in [5, 5.41) is 3.62. The van der Waals surface area contributed by atoms with Gasteiger partial charge in [0.15, 0.2) is 6.61 Å². The van der Waals surface area contributed by atoms with E-state index in [4.69, 9.17) is 9.47 Å². The molecule has 1 amide bonds. The summed E-state index contributed by atoms with van der Waals surface area (Å²) in [4.78, 5) is 28.2. The maximum absolute atomic E-state index is 12.1. The molecular formula is C22H22N2O4. The molecule has 144 valence electrons. The van der Waals surface area contributed by atoms with Gasteiger partial charge in [-0.25, -0.2) is 0 Å². The van der Waals surface area contributed by atoms with Gasteiger partial charge in [-0.15, -0.1) is 0 Å². The number of nitrogens with zero attached hydrogens (tertiary/aromatic N) is 1. The van der Waals surface area contributed by atoms with Gasteiger partial charge in [-0.05, 0) is 36.2 Å². The van der Waals surface area contributed by atoms with Crippen LogP contribution in [0.15, 0.2) is 60.8 Å². The van der Waals surface area contributed by atoms with Crippen LogP contribution in [0.5, 0.6) is 5.75 Å². The van der Waals surface area contributed by atoms with Crippen molar-refractivity contribution in [1.29, 1.82) is 0 Å². The van der Waals surface area contributed by atoms with Crippen molar-refractivity contribution in [3.8, 4) is 5.75 Å². The Bertz CT molecular complexity index is 966. The van der Waals surface area contributed by atoms with E-state index in [1.807, 2.05) is 61.5 Å². The molecule has 0 spiro atoms. The van der Waals surface area contributed by atoms with E-state index in [0.29, 0.717) is 13.2 Å². The standard InChI is InChI=1S/C22H22N2O4/c1-16-5-2-9-19(13-16)27-12-11-23-20(25)15-28-21(26)14-18-7-3-6-17-8-4-10-24-22(17)18/h2-10,13H,11-12,14-15H2,1H3,(H,23,25). The van der Waals surface area contributed by atoms with E-state index in [1.54, 1.807) is 6.20 Å². The van der Waals surface area contributed by atoms with E-state index in [1.165, 1.54) is 0 Å². The molecule has 0 fully saturated rings. The quantitative estimate of drug-likeness (QED) is 0.482. The summed E-state index contributed by atoms with van der Waals surface area (Å²) in [6.45, 7) is 2.33. The topological polar surface area (TPSA) is 77.5 Å². The molecule has 6 nitrogen and oxygen atoms in total. The van der Waals surface area contributed by atoms with E-state index in [9.17, 15) is 9.59 Å². The molecule has 1 aromatic heterocycles. The summed E-state index contributed by atoms with van der Waals surface area (Å²) in [7, 11) is 0. The lowest BCUT2D eigenvalue weighted by atomic mass is 10.1. The number of amides is 1. The highest BCUT2D eigenvalue weighted by Gasteiger charge is 2.11.